The van der Waals surface area contributed by atoms with Gasteiger partial charge in [-0.25, -0.2) is 0 Å². The summed E-state index contributed by atoms with van der Waals surface area (Å²) in [5, 5.41) is 8.00. The molecule has 3 saturated heterocycles. The molecule has 1 aromatic rings. The molecule has 7 atom stereocenters. The van der Waals surface area contributed by atoms with E-state index >= 15 is 28.8 Å². The molecular weight excluding hydrogens is 1320 g/mol. The molecule has 7 rings (SSSR count). The summed E-state index contributed by atoms with van der Waals surface area (Å²) in [6.45, 7) is 2.36. The number of amides is 12. The average Bonchev–Trinajstić information content (AvgIpc) is 1.45. The first-order chi connectivity index (χ1) is 47.3. The van der Waals surface area contributed by atoms with Gasteiger partial charge in [-0.1, -0.05) is 95.7 Å². The summed E-state index contributed by atoms with van der Waals surface area (Å²) in [5.41, 5.74) is -2.35. The van der Waals surface area contributed by atoms with Crippen LogP contribution in [0.4, 0.5) is 13.2 Å². The van der Waals surface area contributed by atoms with Crippen molar-refractivity contribution in [3.63, 3.8) is 0 Å². The molecule has 3 saturated carbocycles. The van der Waals surface area contributed by atoms with E-state index in [9.17, 15) is 41.9 Å². The number of ether oxygens (including phenoxy) is 1. The number of alkyl halides is 3. The van der Waals surface area contributed by atoms with E-state index in [1.54, 1.807) is 4.90 Å². The van der Waals surface area contributed by atoms with Crippen LogP contribution in [-0.4, -0.2) is 265 Å². The molecule has 6 aliphatic rings. The van der Waals surface area contributed by atoms with E-state index in [0.29, 0.717) is 63.6 Å². The fraction of sp³-hybridized carbons (Fsp3) is 0.746. The number of halogens is 4. The van der Waals surface area contributed by atoms with Crippen LogP contribution in [0.1, 0.15) is 173 Å². The van der Waals surface area contributed by atoms with Gasteiger partial charge in [-0.2, -0.15) is 13.2 Å². The number of fused-ring (bicyclic) bond motifs is 1. The number of benzene rings is 1. The molecule has 12 amide bonds. The topological polar surface area (TPSA) is 279 Å². The zero-order valence-corrected chi connectivity index (χ0v) is 61.0. The Kier molecular flexibility index (Phi) is 29.0. The number of hydrogen-bond acceptors (Lipinski definition) is 13. The first-order valence-corrected chi connectivity index (χ1v) is 36.3. The monoisotopic (exact) mass is 1430 g/mol. The fourth-order valence-electron chi connectivity index (χ4n) is 15.6. The van der Waals surface area contributed by atoms with Gasteiger partial charge in [0.2, 0.25) is 70.9 Å². The van der Waals surface area contributed by atoms with Crippen LogP contribution in [0.15, 0.2) is 18.2 Å². The number of rotatable bonds is 11. The number of hydrogen-bond donors (Lipinski definition) is 3. The van der Waals surface area contributed by atoms with E-state index < -0.39 is 167 Å². The summed E-state index contributed by atoms with van der Waals surface area (Å²) >= 11 is 6.16. The Hall–Kier alpha value is -7.10. The Balaban J connectivity index is 1.28. The Morgan fingerprint density at radius 3 is 1.83 bits per heavy atom. The van der Waals surface area contributed by atoms with Crippen molar-refractivity contribution in [3.8, 4) is 0 Å². The van der Waals surface area contributed by atoms with Gasteiger partial charge in [-0.05, 0) is 119 Å². The van der Waals surface area contributed by atoms with E-state index in [1.807, 2.05) is 13.8 Å². The maximum atomic E-state index is 15.8. The van der Waals surface area contributed by atoms with Gasteiger partial charge in [-0.3, -0.25) is 57.5 Å². The molecule has 3 aliphatic heterocycles. The fourth-order valence-corrected chi connectivity index (χ4v) is 15.9. The van der Waals surface area contributed by atoms with Gasteiger partial charge >= 0.3 is 6.18 Å². The molecule has 3 N–H and O–H groups in total. The zero-order chi connectivity index (χ0) is 73.5. The van der Waals surface area contributed by atoms with Crippen molar-refractivity contribution < 1.29 is 75.4 Å². The Bertz CT molecular complexity index is 3100. The quantitative estimate of drug-likeness (QED) is 0.263. The first-order valence-electron chi connectivity index (χ1n) is 35.9. The SMILES string of the molecule is COC[C@@H]1NC(=O)[C@H](CC(C)C)N(C)C(=O)C[C@@H](C(=O)N2CCCCC2)N(C)C(=O)[C@H](C2CCCCC2)N(C)C(=O)C2(CCCC2)NC(=O)C2CCCN2C(=O)[C@H](CCc2ccc(C(F)(F)F)c(Cl)c2)NC(=O)CN(C)C(=O)[C@H](CC2CCCCC2)N(C)C(=O)CN(C)C(=O)CN(C)C1=O. The van der Waals surface area contributed by atoms with Crippen LogP contribution < -0.4 is 16.0 Å². The lowest BCUT2D eigenvalue weighted by Gasteiger charge is -2.43. The van der Waals surface area contributed by atoms with Crippen molar-refractivity contribution in [1.29, 1.82) is 0 Å². The zero-order valence-electron chi connectivity index (χ0n) is 60.3. The standard InChI is InChI=1S/C71H108ClF3N12O13/c1-45(2)37-54-62(92)77-52(44-100-10)64(94)81(5)42-59(90)79(3)43-60(91)83(7)55(39-46-23-14-11-15-24-46)66(96)80(4)41-57(88)76-51(31-29-47-28-30-49(50(72)38-47)71(73,74)75)65(95)87-36-22-27-53(87)63(93)78-70(32-18-19-33-70)69(99)85(9)61(48-25-16-12-17-26-48)68(98)84(8)56(40-58(89)82(54)6)67(97)86-34-20-13-21-35-86/h28,30,38,45-46,48,51-56,61H,11-27,29,31-37,39-44H2,1-10H3,(H,76,88)(H,77,92)(H,78,93)/t51-,52-,53?,54-,55-,56-,61-/m0/s1. The van der Waals surface area contributed by atoms with Gasteiger partial charge in [0.1, 0.15) is 47.8 Å². The molecule has 3 aliphatic carbocycles. The highest BCUT2D eigenvalue weighted by molar-refractivity contribution is 6.31. The molecule has 3 heterocycles. The molecule has 29 heteroatoms. The van der Waals surface area contributed by atoms with Gasteiger partial charge < -0.3 is 64.8 Å². The molecule has 1 aromatic carbocycles. The van der Waals surface area contributed by atoms with Crippen LogP contribution in [0.2, 0.25) is 5.02 Å². The number of likely N-dealkylation sites (tertiary alicyclic amines) is 1. The summed E-state index contributed by atoms with van der Waals surface area (Å²) < 4.78 is 47.0. The van der Waals surface area contributed by atoms with Gasteiger partial charge in [0.15, 0.2) is 0 Å². The molecule has 0 radical (unpaired) electrons. The lowest BCUT2D eigenvalue weighted by Crippen LogP contribution is -2.65. The van der Waals surface area contributed by atoms with Crippen LogP contribution >= 0.6 is 11.6 Å². The van der Waals surface area contributed by atoms with Crippen molar-refractivity contribution in [2.75, 3.05) is 102 Å². The third kappa shape index (κ3) is 20.4. The second-order valence-electron chi connectivity index (χ2n) is 29.3. The predicted octanol–water partition coefficient (Wildman–Crippen LogP) is 5.02. The van der Waals surface area contributed by atoms with E-state index in [0.717, 1.165) is 84.6 Å². The minimum absolute atomic E-state index is 0.0121. The van der Waals surface area contributed by atoms with Crippen LogP contribution in [0.3, 0.4) is 0 Å². The highest BCUT2D eigenvalue weighted by atomic mass is 35.5. The molecule has 25 nitrogen and oxygen atoms in total. The third-order valence-electron chi connectivity index (χ3n) is 21.5. The molecular formula is C71H108ClF3N12O13. The number of piperidine rings is 1. The summed E-state index contributed by atoms with van der Waals surface area (Å²) in [7, 11) is 11.2. The number of likely N-dealkylation sites (N-methyl/N-ethyl adjacent to an activating group) is 7. The Morgan fingerprint density at radius 1 is 0.620 bits per heavy atom. The summed E-state index contributed by atoms with van der Waals surface area (Å²) in [6, 6.07) is -5.80. The summed E-state index contributed by atoms with van der Waals surface area (Å²) in [6.07, 6.45) is 6.52. The second kappa shape index (κ2) is 36.2. The number of aryl methyl sites for hydroxylation is 1. The van der Waals surface area contributed by atoms with Gasteiger partial charge in [-0.15, -0.1) is 0 Å². The lowest BCUT2D eigenvalue weighted by molar-refractivity contribution is -0.157. The summed E-state index contributed by atoms with van der Waals surface area (Å²) in [5.74, 6) is -8.58. The number of carbonyl (C=O) groups is 12. The van der Waals surface area contributed by atoms with Gasteiger partial charge in [0.05, 0.1) is 43.2 Å². The number of nitrogens with one attached hydrogen (secondary N) is 3. The van der Waals surface area contributed by atoms with Gasteiger partial charge in [0.25, 0.3) is 0 Å². The predicted molar refractivity (Wildman–Crippen MR) is 366 cm³/mol. The molecule has 100 heavy (non-hydrogen) atoms. The van der Waals surface area contributed by atoms with Crippen molar-refractivity contribution in [3.05, 3.63) is 34.3 Å². The molecule has 1 unspecified atom stereocenters. The molecule has 1 spiro atoms. The van der Waals surface area contributed by atoms with E-state index in [1.165, 1.54) is 87.0 Å². The molecule has 0 bridgehead atoms. The molecule has 6 fully saturated rings. The third-order valence-corrected chi connectivity index (χ3v) is 21.8. The van der Waals surface area contributed by atoms with E-state index in [2.05, 4.69) is 16.0 Å². The van der Waals surface area contributed by atoms with Crippen LogP contribution in [-0.2, 0) is 74.9 Å². The van der Waals surface area contributed by atoms with Crippen molar-refractivity contribution in [2.24, 2.45) is 17.8 Å². The van der Waals surface area contributed by atoms with Crippen LogP contribution in [0.5, 0.6) is 0 Å². The Labute approximate surface area is 591 Å². The molecule has 0 aromatic heterocycles. The van der Waals surface area contributed by atoms with Gasteiger partial charge in [0, 0.05) is 76.1 Å². The van der Waals surface area contributed by atoms with Crippen LogP contribution in [0, 0.1) is 17.8 Å². The minimum atomic E-state index is -4.76. The second-order valence-corrected chi connectivity index (χ2v) is 29.7. The number of carbonyl (C=O) groups excluding carboxylic acids is 12. The minimum Gasteiger partial charge on any atom is -0.382 e. The first kappa shape index (κ1) is 80.2. The number of methoxy groups -OCH3 is 1. The van der Waals surface area contributed by atoms with E-state index in [4.69, 9.17) is 16.3 Å². The summed E-state index contributed by atoms with van der Waals surface area (Å²) in [4.78, 5) is 190. The lowest BCUT2D eigenvalue weighted by atomic mass is 9.81. The Morgan fingerprint density at radius 2 is 1.22 bits per heavy atom. The van der Waals surface area contributed by atoms with Crippen molar-refractivity contribution >= 4 is 82.5 Å². The largest absolute Gasteiger partial charge is 0.417 e. The normalized spacial score (nSPS) is 26.6. The van der Waals surface area contributed by atoms with Crippen molar-refractivity contribution in [1.82, 2.24) is 60.0 Å². The van der Waals surface area contributed by atoms with Crippen LogP contribution in [0.25, 0.3) is 0 Å². The maximum Gasteiger partial charge on any atom is 0.417 e. The highest BCUT2D eigenvalue weighted by Crippen LogP contribution is 2.38. The number of nitrogens with zero attached hydrogens (tertiary/aromatic N) is 9. The van der Waals surface area contributed by atoms with Crippen molar-refractivity contribution in [2.45, 2.75) is 222 Å². The maximum absolute atomic E-state index is 15.8. The smallest absolute Gasteiger partial charge is 0.382 e. The molecule has 558 valence electrons. The van der Waals surface area contributed by atoms with E-state index in [-0.39, 0.29) is 69.9 Å². The highest BCUT2D eigenvalue weighted by Gasteiger charge is 2.51. The average molecular weight is 1430 g/mol.